The summed E-state index contributed by atoms with van der Waals surface area (Å²) >= 11 is 1.72. The van der Waals surface area contributed by atoms with Crippen molar-refractivity contribution in [3.8, 4) is 0 Å². The Morgan fingerprint density at radius 2 is 1.25 bits per heavy atom. The zero-order chi connectivity index (χ0) is 5.82. The summed E-state index contributed by atoms with van der Waals surface area (Å²) in [6.07, 6.45) is 0. The van der Waals surface area contributed by atoms with Gasteiger partial charge in [0.1, 0.15) is 0 Å². The van der Waals surface area contributed by atoms with E-state index in [-0.39, 0.29) is 49.6 Å². The summed E-state index contributed by atoms with van der Waals surface area (Å²) < 4.78 is 3.98. The molecule has 0 aliphatic heterocycles. The molecule has 0 amide bonds. The number of halogens is 4. The molecule has 0 saturated heterocycles. The Kier molecular flexibility index (Phi) is 27.6. The molecule has 0 spiro atoms. The van der Waals surface area contributed by atoms with Gasteiger partial charge < -0.3 is 0 Å². The van der Waals surface area contributed by atoms with E-state index in [2.05, 4.69) is 3.50 Å². The van der Waals surface area contributed by atoms with Crippen LogP contribution in [0.1, 0.15) is 0 Å². The van der Waals surface area contributed by atoms with Gasteiger partial charge in [-0.2, -0.15) is 0 Å². The van der Waals surface area contributed by atoms with Crippen molar-refractivity contribution in [3.05, 3.63) is 30.3 Å². The first kappa shape index (κ1) is 23.0. The van der Waals surface area contributed by atoms with Gasteiger partial charge in [0.15, 0.2) is 0 Å². The quantitative estimate of drug-likeness (QED) is 0.695. The summed E-state index contributed by atoms with van der Waals surface area (Å²) in [4.78, 5) is 0. The van der Waals surface area contributed by atoms with Gasteiger partial charge in [-0.15, -0.1) is 49.6 Å². The standard InChI is InChI=1S/C6H5N.4ClH.Mo/c7-6-4-2-1-3-5-6;;;;;/h1-5H;4*1H;. The van der Waals surface area contributed by atoms with E-state index in [1.54, 1.807) is 19.6 Å². The van der Waals surface area contributed by atoms with Gasteiger partial charge in [-0.3, -0.25) is 0 Å². The topological polar surface area (TPSA) is 12.4 Å². The molecule has 0 unspecified atom stereocenters. The van der Waals surface area contributed by atoms with Crippen molar-refractivity contribution in [1.29, 1.82) is 0 Å². The van der Waals surface area contributed by atoms with Crippen LogP contribution in [0.15, 0.2) is 33.8 Å². The van der Waals surface area contributed by atoms with E-state index in [0.717, 1.165) is 5.69 Å². The minimum absolute atomic E-state index is 0. The first-order valence-electron chi connectivity index (χ1n) is 2.32. The number of hydrogen-bond donors (Lipinski definition) is 0. The van der Waals surface area contributed by atoms with Gasteiger partial charge in [0.25, 0.3) is 0 Å². The van der Waals surface area contributed by atoms with E-state index in [4.69, 9.17) is 0 Å². The molecular formula is C6H9Cl4MoN. The van der Waals surface area contributed by atoms with Crippen LogP contribution in [0.4, 0.5) is 5.69 Å². The number of hydrogen-bond acceptors (Lipinski definition) is 1. The fourth-order valence-electron chi connectivity index (χ4n) is 0.489. The summed E-state index contributed by atoms with van der Waals surface area (Å²) in [5.74, 6) is 0. The maximum absolute atomic E-state index is 3.98. The van der Waals surface area contributed by atoms with E-state index in [0.29, 0.717) is 0 Å². The third-order valence-corrected chi connectivity index (χ3v) is 1.38. The number of rotatable bonds is 1. The van der Waals surface area contributed by atoms with E-state index in [1.165, 1.54) is 0 Å². The molecule has 72 valence electrons. The first-order chi connectivity index (χ1) is 3.93. The average Bonchev–Trinajstić information content (AvgIpc) is 1.90. The molecule has 0 saturated carbocycles. The SMILES string of the molecule is Cl.Cl.Cl.Cl.[Mo]=[N]c1ccccc1. The van der Waals surface area contributed by atoms with Crippen LogP contribution >= 0.6 is 49.6 Å². The van der Waals surface area contributed by atoms with E-state index in [1.807, 2.05) is 30.3 Å². The number of nitrogens with zero attached hydrogens (tertiary/aromatic N) is 1. The zero-order valence-electron chi connectivity index (χ0n) is 5.88. The molecule has 1 aromatic rings. The van der Waals surface area contributed by atoms with Crippen molar-refractivity contribution < 1.29 is 19.6 Å². The van der Waals surface area contributed by atoms with Crippen molar-refractivity contribution in [3.63, 3.8) is 0 Å². The molecular weight excluding hydrogens is 324 g/mol. The van der Waals surface area contributed by atoms with Crippen molar-refractivity contribution in [1.82, 2.24) is 0 Å². The fraction of sp³-hybridized carbons (Fsp3) is 0. The third kappa shape index (κ3) is 8.96. The summed E-state index contributed by atoms with van der Waals surface area (Å²) in [7, 11) is 0. The Morgan fingerprint density at radius 3 is 1.50 bits per heavy atom. The molecule has 0 aromatic heterocycles. The molecule has 12 heavy (non-hydrogen) atoms. The molecule has 1 rings (SSSR count). The second-order valence-corrected chi connectivity index (χ2v) is 1.88. The first-order valence-corrected chi connectivity index (χ1v) is 3.21. The van der Waals surface area contributed by atoms with Crippen LogP contribution in [-0.2, 0) is 19.6 Å². The fourth-order valence-corrected chi connectivity index (χ4v) is 0.788. The molecule has 0 atom stereocenters. The molecule has 0 N–H and O–H groups in total. The van der Waals surface area contributed by atoms with Crippen LogP contribution in [0.5, 0.6) is 0 Å². The predicted molar refractivity (Wildman–Crippen MR) is 57.5 cm³/mol. The Labute approximate surface area is 108 Å². The van der Waals surface area contributed by atoms with Gasteiger partial charge in [0, 0.05) is 0 Å². The van der Waals surface area contributed by atoms with E-state index >= 15 is 0 Å². The van der Waals surface area contributed by atoms with Crippen LogP contribution in [0.25, 0.3) is 0 Å². The average molecular weight is 333 g/mol. The second-order valence-electron chi connectivity index (χ2n) is 1.43. The predicted octanol–water partition coefficient (Wildman–Crippen LogP) is 3.74. The summed E-state index contributed by atoms with van der Waals surface area (Å²) in [6, 6.07) is 9.88. The molecule has 6 heteroatoms. The van der Waals surface area contributed by atoms with Gasteiger partial charge in [-0.25, -0.2) is 0 Å². The third-order valence-electron chi connectivity index (χ3n) is 0.862. The Bertz CT molecular complexity index is 182. The summed E-state index contributed by atoms with van der Waals surface area (Å²) in [5.41, 5.74) is 1.04. The molecule has 0 aliphatic rings. The molecule has 0 radical (unpaired) electrons. The van der Waals surface area contributed by atoms with Crippen molar-refractivity contribution in [2.24, 2.45) is 3.50 Å². The van der Waals surface area contributed by atoms with E-state index in [9.17, 15) is 0 Å². The Morgan fingerprint density at radius 1 is 0.833 bits per heavy atom. The molecule has 1 nitrogen and oxygen atoms in total. The minimum atomic E-state index is 0. The monoisotopic (exact) mass is 333 g/mol. The second kappa shape index (κ2) is 14.4. The Hall–Kier alpha value is 0.868. The van der Waals surface area contributed by atoms with Gasteiger partial charge in [-0.1, -0.05) is 0 Å². The van der Waals surface area contributed by atoms with Gasteiger partial charge in [0.05, 0.1) is 0 Å². The molecule has 1 aromatic carbocycles. The molecule has 0 aliphatic carbocycles. The van der Waals surface area contributed by atoms with E-state index < -0.39 is 0 Å². The van der Waals surface area contributed by atoms with Gasteiger partial charge in [0.2, 0.25) is 0 Å². The summed E-state index contributed by atoms with van der Waals surface area (Å²) in [5, 5.41) is 0. The summed E-state index contributed by atoms with van der Waals surface area (Å²) in [6.45, 7) is 0. The van der Waals surface area contributed by atoms with Crippen molar-refractivity contribution >= 4 is 55.3 Å². The van der Waals surface area contributed by atoms with Crippen LogP contribution < -0.4 is 0 Å². The Balaban J connectivity index is -0.0000000800. The molecule has 0 heterocycles. The van der Waals surface area contributed by atoms with Crippen LogP contribution in [0.3, 0.4) is 0 Å². The number of benzene rings is 1. The van der Waals surface area contributed by atoms with Crippen molar-refractivity contribution in [2.75, 3.05) is 0 Å². The van der Waals surface area contributed by atoms with Crippen LogP contribution in [-0.4, -0.2) is 0 Å². The van der Waals surface area contributed by atoms with Crippen LogP contribution in [0.2, 0.25) is 0 Å². The molecule has 0 bridgehead atoms. The van der Waals surface area contributed by atoms with Gasteiger partial charge in [-0.05, 0) is 0 Å². The van der Waals surface area contributed by atoms with Crippen molar-refractivity contribution in [2.45, 2.75) is 0 Å². The maximum atomic E-state index is 3.98. The normalized spacial score (nSPS) is 5.67. The van der Waals surface area contributed by atoms with Gasteiger partial charge >= 0.3 is 59.1 Å². The zero-order valence-corrected chi connectivity index (χ0v) is 11.1. The van der Waals surface area contributed by atoms with Crippen LogP contribution in [0, 0.1) is 0 Å². The molecule has 0 fully saturated rings.